The highest BCUT2D eigenvalue weighted by molar-refractivity contribution is 9.10. The molecule has 0 radical (unpaired) electrons. The summed E-state index contributed by atoms with van der Waals surface area (Å²) in [6.45, 7) is 0. The van der Waals surface area contributed by atoms with Gasteiger partial charge in [-0.15, -0.1) is 0 Å². The zero-order chi connectivity index (χ0) is 14.5. The molecular formula is C16H15BrO3. The van der Waals surface area contributed by atoms with Gasteiger partial charge < -0.3 is 9.47 Å². The molecule has 0 aliphatic rings. The van der Waals surface area contributed by atoms with Crippen LogP contribution in [0.2, 0.25) is 0 Å². The summed E-state index contributed by atoms with van der Waals surface area (Å²) < 4.78 is 11.5. The molecular weight excluding hydrogens is 320 g/mol. The fourth-order valence-electron chi connectivity index (χ4n) is 2.05. The second-order valence-electron chi connectivity index (χ2n) is 4.27. The summed E-state index contributed by atoms with van der Waals surface area (Å²) in [5, 5.41) is 0. The number of ketones is 1. The molecule has 0 fully saturated rings. The van der Waals surface area contributed by atoms with Crippen molar-refractivity contribution >= 4 is 21.7 Å². The fourth-order valence-corrected chi connectivity index (χ4v) is 2.49. The van der Waals surface area contributed by atoms with Crippen molar-refractivity contribution < 1.29 is 14.3 Å². The molecule has 0 saturated carbocycles. The van der Waals surface area contributed by atoms with Crippen molar-refractivity contribution in [3.63, 3.8) is 0 Å². The Balaban J connectivity index is 2.33. The van der Waals surface area contributed by atoms with Crippen molar-refractivity contribution in [1.29, 1.82) is 0 Å². The molecule has 0 aromatic heterocycles. The molecule has 2 aromatic rings. The first-order chi connectivity index (χ1) is 9.65. The minimum absolute atomic E-state index is 0.0302. The lowest BCUT2D eigenvalue weighted by Gasteiger charge is -2.12. The van der Waals surface area contributed by atoms with Gasteiger partial charge in [-0.25, -0.2) is 0 Å². The number of benzene rings is 2. The summed E-state index contributed by atoms with van der Waals surface area (Å²) >= 11 is 3.40. The first-order valence-corrected chi connectivity index (χ1v) is 6.93. The first-order valence-electron chi connectivity index (χ1n) is 6.14. The van der Waals surface area contributed by atoms with Gasteiger partial charge in [0.15, 0.2) is 5.78 Å². The normalized spacial score (nSPS) is 10.2. The highest BCUT2D eigenvalue weighted by atomic mass is 79.9. The number of ether oxygens (including phenoxy) is 2. The molecule has 0 atom stereocenters. The Morgan fingerprint density at radius 1 is 1.05 bits per heavy atom. The maximum absolute atomic E-state index is 12.5. The van der Waals surface area contributed by atoms with Crippen LogP contribution in [0.15, 0.2) is 46.9 Å². The zero-order valence-electron chi connectivity index (χ0n) is 11.4. The van der Waals surface area contributed by atoms with Crippen LogP contribution in [-0.2, 0) is 6.42 Å². The van der Waals surface area contributed by atoms with E-state index in [4.69, 9.17) is 9.47 Å². The van der Waals surface area contributed by atoms with Crippen LogP contribution in [0.5, 0.6) is 11.5 Å². The number of Topliss-reactive ketones (excluding diaryl/α,β-unsaturated/α-hetero) is 1. The van der Waals surface area contributed by atoms with Crippen molar-refractivity contribution in [3.05, 3.63) is 58.1 Å². The molecule has 0 bridgehead atoms. The van der Waals surface area contributed by atoms with E-state index in [1.54, 1.807) is 32.4 Å². The van der Waals surface area contributed by atoms with E-state index < -0.39 is 0 Å². The molecule has 4 heteroatoms. The van der Waals surface area contributed by atoms with Gasteiger partial charge in [0.2, 0.25) is 0 Å². The van der Waals surface area contributed by atoms with Crippen molar-refractivity contribution in [3.8, 4) is 11.5 Å². The maximum atomic E-state index is 12.5. The monoisotopic (exact) mass is 334 g/mol. The standard InChI is InChI=1S/C16H15BrO3/c1-19-14-7-4-8-15(20-2)16(14)13(18)10-11-5-3-6-12(17)9-11/h3-9H,10H2,1-2H3. The lowest BCUT2D eigenvalue weighted by Crippen LogP contribution is -2.08. The highest BCUT2D eigenvalue weighted by Crippen LogP contribution is 2.29. The van der Waals surface area contributed by atoms with Gasteiger partial charge in [-0.1, -0.05) is 34.1 Å². The van der Waals surface area contributed by atoms with Gasteiger partial charge in [-0.2, -0.15) is 0 Å². The molecule has 0 spiro atoms. The quantitative estimate of drug-likeness (QED) is 0.778. The number of methoxy groups -OCH3 is 2. The van der Waals surface area contributed by atoms with Crippen LogP contribution >= 0.6 is 15.9 Å². The van der Waals surface area contributed by atoms with Gasteiger partial charge in [-0.3, -0.25) is 4.79 Å². The maximum Gasteiger partial charge on any atom is 0.174 e. The second kappa shape index (κ2) is 6.57. The van der Waals surface area contributed by atoms with Gasteiger partial charge in [0.1, 0.15) is 17.1 Å². The molecule has 0 N–H and O–H groups in total. The largest absolute Gasteiger partial charge is 0.496 e. The highest BCUT2D eigenvalue weighted by Gasteiger charge is 2.18. The minimum atomic E-state index is -0.0302. The Hall–Kier alpha value is -1.81. The number of halogens is 1. The number of hydrogen-bond donors (Lipinski definition) is 0. The van der Waals surface area contributed by atoms with E-state index in [9.17, 15) is 4.79 Å². The van der Waals surface area contributed by atoms with Gasteiger partial charge in [0.05, 0.1) is 14.2 Å². The lowest BCUT2D eigenvalue weighted by atomic mass is 10.0. The molecule has 20 heavy (non-hydrogen) atoms. The Morgan fingerprint density at radius 2 is 1.65 bits per heavy atom. The van der Waals surface area contributed by atoms with Crippen LogP contribution < -0.4 is 9.47 Å². The van der Waals surface area contributed by atoms with Crippen LogP contribution in [0.3, 0.4) is 0 Å². The van der Waals surface area contributed by atoms with E-state index in [0.29, 0.717) is 23.5 Å². The second-order valence-corrected chi connectivity index (χ2v) is 5.18. The van der Waals surface area contributed by atoms with Crippen molar-refractivity contribution in [1.82, 2.24) is 0 Å². The molecule has 0 unspecified atom stereocenters. The van der Waals surface area contributed by atoms with E-state index >= 15 is 0 Å². The Labute approximate surface area is 126 Å². The Morgan fingerprint density at radius 3 is 2.20 bits per heavy atom. The van der Waals surface area contributed by atoms with E-state index in [0.717, 1.165) is 10.0 Å². The Bertz CT molecular complexity index is 601. The molecule has 0 saturated heterocycles. The Kier molecular flexibility index (Phi) is 4.79. The molecule has 2 aromatic carbocycles. The number of carbonyl (C=O) groups is 1. The average Bonchev–Trinajstić information content (AvgIpc) is 2.46. The summed E-state index contributed by atoms with van der Waals surface area (Å²) in [5.74, 6) is 1.03. The van der Waals surface area contributed by atoms with Gasteiger partial charge in [-0.05, 0) is 29.8 Å². The van der Waals surface area contributed by atoms with E-state index in [1.807, 2.05) is 24.3 Å². The number of carbonyl (C=O) groups excluding carboxylic acids is 1. The smallest absolute Gasteiger partial charge is 0.174 e. The fraction of sp³-hybridized carbons (Fsp3) is 0.188. The van der Waals surface area contributed by atoms with Crippen LogP contribution in [0, 0.1) is 0 Å². The summed E-state index contributed by atoms with van der Waals surface area (Å²) in [6, 6.07) is 13.0. The predicted molar refractivity (Wildman–Crippen MR) is 81.7 cm³/mol. The zero-order valence-corrected chi connectivity index (χ0v) is 12.9. The van der Waals surface area contributed by atoms with Crippen molar-refractivity contribution in [2.45, 2.75) is 6.42 Å². The number of rotatable bonds is 5. The third kappa shape index (κ3) is 3.20. The van der Waals surface area contributed by atoms with Crippen LogP contribution in [-0.4, -0.2) is 20.0 Å². The summed E-state index contributed by atoms with van der Waals surface area (Å²) in [4.78, 5) is 12.5. The van der Waals surface area contributed by atoms with Crippen LogP contribution in [0.1, 0.15) is 15.9 Å². The van der Waals surface area contributed by atoms with Crippen molar-refractivity contribution in [2.24, 2.45) is 0 Å². The predicted octanol–water partition coefficient (Wildman–Crippen LogP) is 3.89. The number of hydrogen-bond acceptors (Lipinski definition) is 3. The van der Waals surface area contributed by atoms with E-state index in [2.05, 4.69) is 15.9 Å². The van der Waals surface area contributed by atoms with Crippen LogP contribution in [0.4, 0.5) is 0 Å². The van der Waals surface area contributed by atoms with E-state index in [-0.39, 0.29) is 5.78 Å². The third-order valence-electron chi connectivity index (χ3n) is 2.96. The van der Waals surface area contributed by atoms with Crippen molar-refractivity contribution in [2.75, 3.05) is 14.2 Å². The molecule has 2 rings (SSSR count). The molecule has 104 valence electrons. The summed E-state index contributed by atoms with van der Waals surface area (Å²) in [5.41, 5.74) is 1.43. The molecule has 3 nitrogen and oxygen atoms in total. The molecule has 0 aliphatic heterocycles. The molecule has 0 amide bonds. The first kappa shape index (κ1) is 14.6. The molecule has 0 heterocycles. The molecule has 0 aliphatic carbocycles. The third-order valence-corrected chi connectivity index (χ3v) is 3.45. The summed E-state index contributed by atoms with van der Waals surface area (Å²) in [6.07, 6.45) is 0.302. The topological polar surface area (TPSA) is 35.5 Å². The summed E-state index contributed by atoms with van der Waals surface area (Å²) in [7, 11) is 3.09. The van der Waals surface area contributed by atoms with E-state index in [1.165, 1.54) is 0 Å². The lowest BCUT2D eigenvalue weighted by molar-refractivity contribution is 0.0987. The van der Waals surface area contributed by atoms with Gasteiger partial charge in [0, 0.05) is 10.9 Å². The van der Waals surface area contributed by atoms with Crippen LogP contribution in [0.25, 0.3) is 0 Å². The minimum Gasteiger partial charge on any atom is -0.496 e. The van der Waals surface area contributed by atoms with Gasteiger partial charge >= 0.3 is 0 Å². The average molecular weight is 335 g/mol. The van der Waals surface area contributed by atoms with Gasteiger partial charge in [0.25, 0.3) is 0 Å². The SMILES string of the molecule is COc1cccc(OC)c1C(=O)Cc1cccc(Br)c1.